The molecule has 0 unspecified atom stereocenters. The van der Waals surface area contributed by atoms with E-state index in [1.807, 2.05) is 22.6 Å². The molecule has 0 atom stereocenters. The van der Waals surface area contributed by atoms with Gasteiger partial charge in [-0.05, 0) is 44.4 Å². The van der Waals surface area contributed by atoms with Gasteiger partial charge in [0, 0.05) is 25.0 Å². The fourth-order valence-corrected chi connectivity index (χ4v) is 3.05. The Morgan fingerprint density at radius 2 is 2.14 bits per heavy atom. The molecule has 0 saturated carbocycles. The third-order valence-corrected chi connectivity index (χ3v) is 4.08. The molecule has 1 aliphatic rings. The van der Waals surface area contributed by atoms with Crippen molar-refractivity contribution < 1.29 is 4.79 Å². The summed E-state index contributed by atoms with van der Waals surface area (Å²) in [5.41, 5.74) is 10.7. The summed E-state index contributed by atoms with van der Waals surface area (Å²) < 4.78 is 1.92. The molecule has 0 spiro atoms. The Labute approximate surface area is 125 Å². The molecule has 0 radical (unpaired) electrons. The van der Waals surface area contributed by atoms with Crippen molar-refractivity contribution in [1.82, 2.24) is 4.57 Å². The molecule has 2 heterocycles. The molecular formula is C17H21N3O. The zero-order chi connectivity index (χ0) is 15.0. The fraction of sp³-hybridized carbons (Fsp3) is 0.353. The zero-order valence-corrected chi connectivity index (χ0v) is 12.6. The number of aromatic nitrogens is 1. The van der Waals surface area contributed by atoms with Gasteiger partial charge in [-0.3, -0.25) is 4.79 Å². The first kappa shape index (κ1) is 13.7. The minimum absolute atomic E-state index is 0.0401. The summed E-state index contributed by atoms with van der Waals surface area (Å²) in [6.45, 7) is 5.62. The van der Waals surface area contributed by atoms with Gasteiger partial charge in [0.1, 0.15) is 5.69 Å². The number of hydrogen-bond donors (Lipinski definition) is 1. The minimum Gasteiger partial charge on any atom is -0.397 e. The van der Waals surface area contributed by atoms with E-state index in [2.05, 4.69) is 25.1 Å². The van der Waals surface area contributed by atoms with Gasteiger partial charge in [0.05, 0.1) is 5.69 Å². The number of fused-ring (bicyclic) bond motifs is 1. The van der Waals surface area contributed by atoms with Gasteiger partial charge in [-0.2, -0.15) is 0 Å². The van der Waals surface area contributed by atoms with Crippen LogP contribution in [0.3, 0.4) is 0 Å². The largest absolute Gasteiger partial charge is 0.397 e. The van der Waals surface area contributed by atoms with Gasteiger partial charge in [0.2, 0.25) is 0 Å². The molecule has 0 fully saturated rings. The number of nitrogens with two attached hydrogens (primary N) is 1. The van der Waals surface area contributed by atoms with E-state index in [1.54, 1.807) is 6.07 Å². The first-order chi connectivity index (χ1) is 10.1. The van der Waals surface area contributed by atoms with E-state index >= 15 is 0 Å². The van der Waals surface area contributed by atoms with Crippen LogP contribution < -0.4 is 10.6 Å². The maximum absolute atomic E-state index is 12.9. The lowest BCUT2D eigenvalue weighted by molar-refractivity contribution is 0.0976. The van der Waals surface area contributed by atoms with Gasteiger partial charge < -0.3 is 15.2 Å². The number of benzene rings is 1. The maximum atomic E-state index is 12.9. The van der Waals surface area contributed by atoms with Crippen LogP contribution in [-0.2, 0) is 13.0 Å². The molecule has 0 bridgehead atoms. The Hall–Kier alpha value is -2.23. The Bertz CT molecular complexity index is 687. The van der Waals surface area contributed by atoms with Crippen LogP contribution in [0.25, 0.3) is 0 Å². The van der Waals surface area contributed by atoms with Crippen LogP contribution in [-0.4, -0.2) is 17.0 Å². The molecule has 4 heteroatoms. The van der Waals surface area contributed by atoms with Crippen molar-refractivity contribution in [3.63, 3.8) is 0 Å². The molecule has 4 nitrogen and oxygen atoms in total. The lowest BCUT2D eigenvalue weighted by Crippen LogP contribution is -2.36. The van der Waals surface area contributed by atoms with Crippen LogP contribution in [0.2, 0.25) is 0 Å². The monoisotopic (exact) mass is 283 g/mol. The predicted octanol–water partition coefficient (Wildman–Crippen LogP) is 2.99. The topological polar surface area (TPSA) is 51.3 Å². The normalized spacial score (nSPS) is 14.1. The fourth-order valence-electron chi connectivity index (χ4n) is 3.05. The number of carbonyl (C=O) groups is 1. The van der Waals surface area contributed by atoms with Gasteiger partial charge in [0.15, 0.2) is 0 Å². The lowest BCUT2D eigenvalue weighted by Gasteiger charge is -2.30. The molecule has 21 heavy (non-hydrogen) atoms. The smallest absolute Gasteiger partial charge is 0.274 e. The first-order valence-electron chi connectivity index (χ1n) is 7.47. The van der Waals surface area contributed by atoms with E-state index in [9.17, 15) is 4.79 Å². The molecule has 2 aromatic rings. The quantitative estimate of drug-likeness (QED) is 0.921. The summed E-state index contributed by atoms with van der Waals surface area (Å²) >= 11 is 0. The second-order valence-electron chi connectivity index (χ2n) is 5.64. The SMILES string of the molecule is CCn1cc(N)cc1C(=O)N1CCCc2cc(C)ccc21. The summed E-state index contributed by atoms with van der Waals surface area (Å²) in [7, 11) is 0. The maximum Gasteiger partial charge on any atom is 0.274 e. The molecular weight excluding hydrogens is 262 g/mol. The molecule has 1 aromatic carbocycles. The van der Waals surface area contributed by atoms with E-state index in [1.165, 1.54) is 11.1 Å². The van der Waals surface area contributed by atoms with Gasteiger partial charge in [-0.15, -0.1) is 0 Å². The summed E-state index contributed by atoms with van der Waals surface area (Å²) in [6, 6.07) is 8.08. The molecule has 1 aromatic heterocycles. The number of nitrogens with zero attached hydrogens (tertiary/aromatic N) is 2. The summed E-state index contributed by atoms with van der Waals surface area (Å²) in [4.78, 5) is 14.8. The van der Waals surface area contributed by atoms with Crippen LogP contribution in [0.4, 0.5) is 11.4 Å². The van der Waals surface area contributed by atoms with Crippen LogP contribution in [0.15, 0.2) is 30.5 Å². The summed E-state index contributed by atoms with van der Waals surface area (Å²) in [5, 5.41) is 0. The Kier molecular flexibility index (Phi) is 3.45. The van der Waals surface area contributed by atoms with E-state index < -0.39 is 0 Å². The molecule has 1 aliphatic heterocycles. The van der Waals surface area contributed by atoms with Crippen LogP contribution in [0.1, 0.15) is 35.0 Å². The molecule has 1 amide bonds. The number of amides is 1. The predicted molar refractivity (Wildman–Crippen MR) is 85.7 cm³/mol. The van der Waals surface area contributed by atoms with E-state index in [0.29, 0.717) is 11.4 Å². The molecule has 110 valence electrons. The number of hydrogen-bond acceptors (Lipinski definition) is 2. The number of rotatable bonds is 2. The van der Waals surface area contributed by atoms with E-state index in [0.717, 1.165) is 31.6 Å². The zero-order valence-electron chi connectivity index (χ0n) is 12.6. The highest BCUT2D eigenvalue weighted by atomic mass is 16.2. The Morgan fingerprint density at radius 3 is 2.90 bits per heavy atom. The third kappa shape index (κ3) is 2.42. The van der Waals surface area contributed by atoms with Crippen LogP contribution >= 0.6 is 0 Å². The van der Waals surface area contributed by atoms with E-state index in [-0.39, 0.29) is 5.91 Å². The van der Waals surface area contributed by atoms with Crippen molar-refractivity contribution in [2.24, 2.45) is 0 Å². The number of aryl methyl sites for hydroxylation is 3. The molecule has 2 N–H and O–H groups in total. The minimum atomic E-state index is 0.0401. The average molecular weight is 283 g/mol. The summed E-state index contributed by atoms with van der Waals surface area (Å²) in [6.07, 6.45) is 3.87. The van der Waals surface area contributed by atoms with Gasteiger partial charge in [-0.25, -0.2) is 0 Å². The first-order valence-corrected chi connectivity index (χ1v) is 7.47. The highest BCUT2D eigenvalue weighted by molar-refractivity contribution is 6.06. The van der Waals surface area contributed by atoms with Crippen molar-refractivity contribution in [1.29, 1.82) is 0 Å². The van der Waals surface area contributed by atoms with Crippen LogP contribution in [0, 0.1) is 6.92 Å². The Balaban J connectivity index is 2.00. The van der Waals surface area contributed by atoms with Crippen molar-refractivity contribution in [2.45, 2.75) is 33.2 Å². The number of anilines is 2. The van der Waals surface area contributed by atoms with Crippen molar-refractivity contribution in [3.05, 3.63) is 47.3 Å². The van der Waals surface area contributed by atoms with E-state index in [4.69, 9.17) is 5.73 Å². The molecule has 3 rings (SSSR count). The highest BCUT2D eigenvalue weighted by Crippen LogP contribution is 2.29. The molecule has 0 aliphatic carbocycles. The van der Waals surface area contributed by atoms with Crippen molar-refractivity contribution in [2.75, 3.05) is 17.2 Å². The molecule has 0 saturated heterocycles. The second kappa shape index (κ2) is 5.28. The van der Waals surface area contributed by atoms with Crippen molar-refractivity contribution >= 4 is 17.3 Å². The van der Waals surface area contributed by atoms with Crippen LogP contribution in [0.5, 0.6) is 0 Å². The summed E-state index contributed by atoms with van der Waals surface area (Å²) in [5.74, 6) is 0.0401. The van der Waals surface area contributed by atoms with Gasteiger partial charge in [0.25, 0.3) is 5.91 Å². The Morgan fingerprint density at radius 1 is 1.33 bits per heavy atom. The third-order valence-electron chi connectivity index (χ3n) is 4.08. The van der Waals surface area contributed by atoms with Gasteiger partial charge in [-0.1, -0.05) is 17.7 Å². The lowest BCUT2D eigenvalue weighted by atomic mass is 9.99. The second-order valence-corrected chi connectivity index (χ2v) is 5.64. The highest BCUT2D eigenvalue weighted by Gasteiger charge is 2.25. The standard InChI is InChI=1S/C17H21N3O/c1-3-19-11-14(18)10-16(19)17(21)20-8-4-5-13-9-12(2)6-7-15(13)20/h6-7,9-11H,3-5,8,18H2,1-2H3. The van der Waals surface area contributed by atoms with Crippen molar-refractivity contribution in [3.8, 4) is 0 Å². The number of nitrogen functional groups attached to an aromatic ring is 1. The average Bonchev–Trinajstić information content (AvgIpc) is 2.86. The van der Waals surface area contributed by atoms with Gasteiger partial charge >= 0.3 is 0 Å². The number of carbonyl (C=O) groups excluding carboxylic acids is 1.